The van der Waals surface area contributed by atoms with E-state index in [1.807, 2.05) is 0 Å². The van der Waals surface area contributed by atoms with Gasteiger partial charge in [0.25, 0.3) is 0 Å². The highest BCUT2D eigenvalue weighted by Crippen LogP contribution is 2.65. The molecular formula is C15H28BNO2. The summed E-state index contributed by atoms with van der Waals surface area (Å²) in [6.45, 7) is 11.4. The predicted molar refractivity (Wildman–Crippen MR) is 77.5 cm³/mol. The van der Waals surface area contributed by atoms with Crippen molar-refractivity contribution in [1.29, 1.82) is 0 Å². The topological polar surface area (TPSA) is 44.5 Å². The minimum absolute atomic E-state index is 0.00253. The Balaban J connectivity index is 1.74. The van der Waals surface area contributed by atoms with Crippen LogP contribution in [0.1, 0.15) is 53.9 Å². The average molecular weight is 265 g/mol. The molecular weight excluding hydrogens is 237 g/mol. The predicted octanol–water partition coefficient (Wildman–Crippen LogP) is 2.63. The van der Waals surface area contributed by atoms with Gasteiger partial charge in [-0.3, -0.25) is 0 Å². The molecule has 0 amide bonds. The summed E-state index contributed by atoms with van der Waals surface area (Å²) in [4.78, 5) is 0. The first-order valence-electron chi connectivity index (χ1n) is 7.84. The van der Waals surface area contributed by atoms with Crippen molar-refractivity contribution in [3.05, 3.63) is 0 Å². The van der Waals surface area contributed by atoms with Crippen LogP contribution in [0, 0.1) is 23.2 Å². The maximum Gasteiger partial charge on any atom is 0.475 e. The molecule has 1 saturated heterocycles. The summed E-state index contributed by atoms with van der Waals surface area (Å²) in [7, 11) is -0.201. The molecule has 0 aromatic heterocycles. The van der Waals surface area contributed by atoms with Crippen molar-refractivity contribution >= 4 is 7.12 Å². The van der Waals surface area contributed by atoms with Crippen LogP contribution < -0.4 is 5.73 Å². The van der Waals surface area contributed by atoms with Gasteiger partial charge in [-0.05, 0) is 49.4 Å². The van der Waals surface area contributed by atoms with Crippen LogP contribution in [0.4, 0.5) is 0 Å². The molecule has 4 fully saturated rings. The van der Waals surface area contributed by atoms with E-state index in [1.54, 1.807) is 0 Å². The van der Waals surface area contributed by atoms with Crippen molar-refractivity contribution in [2.75, 3.05) is 0 Å². The largest absolute Gasteiger partial charge is 0.475 e. The van der Waals surface area contributed by atoms with Crippen LogP contribution in [0.5, 0.6) is 0 Å². The lowest BCUT2D eigenvalue weighted by atomic mass is 9.43. The van der Waals surface area contributed by atoms with Crippen molar-refractivity contribution in [3.8, 4) is 0 Å². The second kappa shape index (κ2) is 4.22. The lowest BCUT2D eigenvalue weighted by Gasteiger charge is -2.64. The summed E-state index contributed by atoms with van der Waals surface area (Å²) in [5.74, 6) is 2.02. The van der Waals surface area contributed by atoms with Gasteiger partial charge in [0.2, 0.25) is 0 Å². The number of hydrogen-bond donors (Lipinski definition) is 1. The molecule has 3 aliphatic carbocycles. The fraction of sp³-hybridized carbons (Fsp3) is 1.00. The van der Waals surface area contributed by atoms with Crippen molar-refractivity contribution in [3.63, 3.8) is 0 Å². The van der Waals surface area contributed by atoms with Gasteiger partial charge < -0.3 is 15.0 Å². The molecule has 0 aromatic carbocycles. The maximum atomic E-state index is 6.35. The monoisotopic (exact) mass is 265 g/mol. The minimum atomic E-state index is -0.201. The van der Waals surface area contributed by atoms with Gasteiger partial charge >= 0.3 is 7.12 Å². The number of hydrogen-bond acceptors (Lipinski definition) is 3. The zero-order chi connectivity index (χ0) is 14.0. The highest BCUT2D eigenvalue weighted by molar-refractivity contribution is 6.47. The minimum Gasteiger partial charge on any atom is -0.404 e. The standard InChI is InChI=1S/C15H28BNO2/c1-9(2)6-13(17)16-18-12-8-10-7-11(14(10,3)4)15(12,5)19-16/h9-13H,6-8,17H2,1-5H3/t10-,11+,12-,13-,15+/m0/s1. The zero-order valence-corrected chi connectivity index (χ0v) is 13.0. The Morgan fingerprint density at radius 1 is 1.26 bits per heavy atom. The summed E-state index contributed by atoms with van der Waals surface area (Å²) in [6.07, 6.45) is 3.67. The summed E-state index contributed by atoms with van der Waals surface area (Å²) in [6, 6.07) is 0. The molecule has 2 bridgehead atoms. The summed E-state index contributed by atoms with van der Waals surface area (Å²) < 4.78 is 12.5. The Hall–Kier alpha value is -0.0551. The molecule has 3 saturated carbocycles. The zero-order valence-electron chi connectivity index (χ0n) is 13.0. The van der Waals surface area contributed by atoms with E-state index >= 15 is 0 Å². The Labute approximate surface area is 117 Å². The van der Waals surface area contributed by atoms with E-state index in [0.29, 0.717) is 17.3 Å². The van der Waals surface area contributed by atoms with E-state index in [1.165, 1.54) is 6.42 Å². The third kappa shape index (κ3) is 1.90. The third-order valence-corrected chi connectivity index (χ3v) is 6.06. The van der Waals surface area contributed by atoms with Crippen LogP contribution in [-0.2, 0) is 9.31 Å². The van der Waals surface area contributed by atoms with Gasteiger partial charge in [0.1, 0.15) is 0 Å². The molecule has 0 radical (unpaired) electrons. The smallest absolute Gasteiger partial charge is 0.404 e. The van der Waals surface area contributed by atoms with Crippen LogP contribution >= 0.6 is 0 Å². The molecule has 3 nitrogen and oxygen atoms in total. The second-order valence-electron chi connectivity index (χ2n) is 8.13. The Kier molecular flexibility index (Phi) is 3.09. The van der Waals surface area contributed by atoms with Crippen LogP contribution in [0.15, 0.2) is 0 Å². The van der Waals surface area contributed by atoms with E-state index in [4.69, 9.17) is 15.0 Å². The van der Waals surface area contributed by atoms with Gasteiger partial charge in [0.15, 0.2) is 0 Å². The van der Waals surface area contributed by atoms with Gasteiger partial charge in [0, 0.05) is 5.94 Å². The Morgan fingerprint density at radius 3 is 2.53 bits per heavy atom. The third-order valence-electron chi connectivity index (χ3n) is 6.06. The van der Waals surface area contributed by atoms with Crippen molar-refractivity contribution in [2.45, 2.75) is 71.5 Å². The fourth-order valence-corrected chi connectivity index (χ4v) is 4.74. The molecule has 0 spiro atoms. The summed E-state index contributed by atoms with van der Waals surface area (Å²) >= 11 is 0. The van der Waals surface area contributed by atoms with Gasteiger partial charge in [-0.2, -0.15) is 0 Å². The van der Waals surface area contributed by atoms with Crippen LogP contribution in [0.25, 0.3) is 0 Å². The lowest BCUT2D eigenvalue weighted by molar-refractivity contribution is -0.199. The highest BCUT2D eigenvalue weighted by Gasteiger charge is 2.68. The molecule has 5 atom stereocenters. The molecule has 1 heterocycles. The van der Waals surface area contributed by atoms with Gasteiger partial charge in [-0.25, -0.2) is 0 Å². The maximum absolute atomic E-state index is 6.35. The second-order valence-corrected chi connectivity index (χ2v) is 8.13. The Morgan fingerprint density at radius 2 is 1.95 bits per heavy atom. The van der Waals surface area contributed by atoms with Gasteiger partial charge in [-0.15, -0.1) is 0 Å². The van der Waals surface area contributed by atoms with E-state index in [9.17, 15) is 0 Å². The first-order chi connectivity index (χ1) is 8.75. The molecule has 1 aliphatic heterocycles. The molecule has 4 heteroatoms. The fourth-order valence-electron chi connectivity index (χ4n) is 4.74. The first-order valence-corrected chi connectivity index (χ1v) is 7.84. The van der Waals surface area contributed by atoms with Crippen LogP contribution in [0.2, 0.25) is 0 Å². The lowest BCUT2D eigenvalue weighted by Crippen LogP contribution is -2.65. The molecule has 2 N–H and O–H groups in total. The van der Waals surface area contributed by atoms with Crippen molar-refractivity contribution in [1.82, 2.24) is 0 Å². The van der Waals surface area contributed by atoms with Gasteiger partial charge in [0.05, 0.1) is 11.7 Å². The van der Waals surface area contributed by atoms with Gasteiger partial charge in [-0.1, -0.05) is 27.7 Å². The SMILES string of the molecule is CC(C)C[C@H](N)B1O[C@H]2C[C@@H]3C[C@H](C3(C)C)[C@@]2(C)O1. The normalized spacial score (nSPS) is 45.0. The van der Waals surface area contributed by atoms with Crippen LogP contribution in [0.3, 0.4) is 0 Å². The van der Waals surface area contributed by atoms with Crippen molar-refractivity contribution in [2.24, 2.45) is 28.9 Å². The quantitative estimate of drug-likeness (QED) is 0.798. The van der Waals surface area contributed by atoms with E-state index in [0.717, 1.165) is 18.8 Å². The molecule has 19 heavy (non-hydrogen) atoms. The average Bonchev–Trinajstić information content (AvgIpc) is 2.64. The summed E-state index contributed by atoms with van der Waals surface area (Å²) in [5.41, 5.74) is 6.56. The molecule has 4 rings (SSSR count). The molecule has 0 aromatic rings. The molecule has 4 aliphatic rings. The number of rotatable bonds is 3. The molecule has 0 unspecified atom stereocenters. The molecule has 108 valence electrons. The first kappa shape index (κ1) is 13.9. The summed E-state index contributed by atoms with van der Waals surface area (Å²) in [5, 5.41) is 0. The van der Waals surface area contributed by atoms with Crippen molar-refractivity contribution < 1.29 is 9.31 Å². The number of nitrogens with two attached hydrogens (primary N) is 1. The van der Waals surface area contributed by atoms with E-state index in [-0.39, 0.29) is 24.8 Å². The van der Waals surface area contributed by atoms with E-state index < -0.39 is 0 Å². The van der Waals surface area contributed by atoms with Crippen LogP contribution in [-0.4, -0.2) is 24.8 Å². The van der Waals surface area contributed by atoms with E-state index in [2.05, 4.69) is 34.6 Å². The highest BCUT2D eigenvalue weighted by atomic mass is 16.7. The Bertz CT molecular complexity index is 373.